The molecule has 23 heavy (non-hydrogen) atoms. The van der Waals surface area contributed by atoms with Crippen LogP contribution >= 0.6 is 11.8 Å². The maximum atomic E-state index is 11.6. The van der Waals surface area contributed by atoms with E-state index in [9.17, 15) is 8.42 Å². The Morgan fingerprint density at radius 3 is 2.91 bits per heavy atom. The molecule has 2 heterocycles. The highest BCUT2D eigenvalue weighted by Crippen LogP contribution is 2.25. The zero-order valence-corrected chi connectivity index (χ0v) is 15.8. The smallest absolute Gasteiger partial charge is 0.194 e. The van der Waals surface area contributed by atoms with Crippen LogP contribution in [0.15, 0.2) is 17.6 Å². The third-order valence-corrected chi connectivity index (χ3v) is 7.74. The van der Waals surface area contributed by atoms with Crippen LogP contribution < -0.4 is 5.32 Å². The first kappa shape index (κ1) is 18.6. The van der Waals surface area contributed by atoms with Crippen molar-refractivity contribution in [2.24, 2.45) is 16.8 Å². The molecule has 0 aromatic rings. The highest BCUT2D eigenvalue weighted by Gasteiger charge is 2.29. The van der Waals surface area contributed by atoms with Crippen molar-refractivity contribution in [2.45, 2.75) is 25.5 Å². The minimum absolute atomic E-state index is 0.167. The summed E-state index contributed by atoms with van der Waals surface area (Å²) in [6, 6.07) is 0. The number of sulfone groups is 1. The van der Waals surface area contributed by atoms with Crippen molar-refractivity contribution in [1.82, 2.24) is 10.2 Å². The molecule has 2 aliphatic heterocycles. The molecule has 7 heteroatoms. The highest BCUT2D eigenvalue weighted by atomic mass is 32.2. The number of hydrogen-bond donors (Lipinski definition) is 1. The second kappa shape index (κ2) is 8.42. The fourth-order valence-corrected chi connectivity index (χ4v) is 6.08. The van der Waals surface area contributed by atoms with Crippen LogP contribution in [0.25, 0.3) is 0 Å². The molecule has 132 valence electrons. The van der Waals surface area contributed by atoms with E-state index < -0.39 is 9.84 Å². The molecular weight excluding hydrogens is 330 g/mol. The van der Waals surface area contributed by atoms with Crippen molar-refractivity contribution in [3.05, 3.63) is 12.7 Å². The quantitative estimate of drug-likeness (QED) is 0.459. The van der Waals surface area contributed by atoms with E-state index in [0.29, 0.717) is 30.0 Å². The van der Waals surface area contributed by atoms with Gasteiger partial charge in [0.05, 0.1) is 11.5 Å². The van der Waals surface area contributed by atoms with Crippen molar-refractivity contribution >= 4 is 27.6 Å². The number of rotatable bonds is 5. The maximum absolute atomic E-state index is 11.6. The van der Waals surface area contributed by atoms with Crippen LogP contribution in [0.5, 0.6) is 0 Å². The molecule has 2 fully saturated rings. The summed E-state index contributed by atoms with van der Waals surface area (Å²) in [6.07, 6.45) is 2.57. The minimum atomic E-state index is -2.83. The summed E-state index contributed by atoms with van der Waals surface area (Å²) in [4.78, 5) is 7.05. The van der Waals surface area contributed by atoms with Crippen LogP contribution in [-0.2, 0) is 9.84 Å². The molecule has 2 aliphatic rings. The average molecular weight is 360 g/mol. The Morgan fingerprint density at radius 1 is 1.52 bits per heavy atom. The molecular formula is C16H29N3O2S2. The summed E-state index contributed by atoms with van der Waals surface area (Å²) >= 11 is 2.04. The van der Waals surface area contributed by atoms with Crippen LogP contribution in [0.1, 0.15) is 20.3 Å². The summed E-state index contributed by atoms with van der Waals surface area (Å²) < 4.78 is 23.2. The van der Waals surface area contributed by atoms with Crippen molar-refractivity contribution in [3.8, 4) is 0 Å². The van der Waals surface area contributed by atoms with Gasteiger partial charge in [-0.05, 0) is 18.3 Å². The van der Waals surface area contributed by atoms with Gasteiger partial charge in [0.1, 0.15) is 0 Å². The van der Waals surface area contributed by atoms with Gasteiger partial charge in [-0.2, -0.15) is 11.8 Å². The van der Waals surface area contributed by atoms with Crippen LogP contribution in [-0.4, -0.2) is 68.0 Å². The van der Waals surface area contributed by atoms with E-state index in [1.54, 1.807) is 0 Å². The van der Waals surface area contributed by atoms with Gasteiger partial charge in [-0.25, -0.2) is 8.42 Å². The lowest BCUT2D eigenvalue weighted by Crippen LogP contribution is -2.49. The molecule has 0 saturated carbocycles. The molecule has 0 amide bonds. The summed E-state index contributed by atoms with van der Waals surface area (Å²) in [6.45, 7) is 11.5. The van der Waals surface area contributed by atoms with Crippen LogP contribution in [0, 0.1) is 11.8 Å². The maximum Gasteiger partial charge on any atom is 0.194 e. The number of hydrogen-bond acceptors (Lipinski definition) is 4. The van der Waals surface area contributed by atoms with Gasteiger partial charge in [0.15, 0.2) is 15.8 Å². The molecule has 2 unspecified atom stereocenters. The molecule has 5 nitrogen and oxygen atoms in total. The number of nitrogens with zero attached hydrogens (tertiary/aromatic N) is 2. The van der Waals surface area contributed by atoms with E-state index in [0.717, 1.165) is 31.2 Å². The van der Waals surface area contributed by atoms with Gasteiger partial charge in [-0.1, -0.05) is 19.9 Å². The Balaban J connectivity index is 2.00. The highest BCUT2D eigenvalue weighted by molar-refractivity contribution is 8.00. The minimum Gasteiger partial charge on any atom is -0.353 e. The Hall–Kier alpha value is -0.690. The van der Waals surface area contributed by atoms with E-state index in [-0.39, 0.29) is 11.7 Å². The Morgan fingerprint density at radius 2 is 2.30 bits per heavy atom. The van der Waals surface area contributed by atoms with E-state index in [4.69, 9.17) is 4.99 Å². The molecule has 0 radical (unpaired) electrons. The second-order valence-corrected chi connectivity index (χ2v) is 10.3. The van der Waals surface area contributed by atoms with Gasteiger partial charge in [-0.3, -0.25) is 4.99 Å². The van der Waals surface area contributed by atoms with Gasteiger partial charge in [0.2, 0.25) is 0 Å². The average Bonchev–Trinajstić information content (AvgIpc) is 2.86. The van der Waals surface area contributed by atoms with E-state index in [1.807, 2.05) is 17.8 Å². The van der Waals surface area contributed by atoms with Gasteiger partial charge in [0.25, 0.3) is 0 Å². The normalized spacial score (nSPS) is 28.1. The predicted octanol–water partition coefficient (Wildman–Crippen LogP) is 1.63. The topological polar surface area (TPSA) is 61.8 Å². The molecule has 0 aliphatic carbocycles. The first-order valence-corrected chi connectivity index (χ1v) is 11.2. The number of guanidine groups is 1. The molecule has 0 bridgehead atoms. The number of aliphatic imine (C=N–C) groups is 1. The molecule has 2 saturated heterocycles. The van der Waals surface area contributed by atoms with Crippen LogP contribution in [0.2, 0.25) is 0 Å². The van der Waals surface area contributed by atoms with E-state index >= 15 is 0 Å². The standard InChI is InChI=1S/C16H29N3O2S2/c1-4-6-17-16(18-10-14-5-9-23(20,21)12-14)19-7-8-22-15(11-19)13(2)3/h4,13-15H,1,5-12H2,2-3H3,(H,17,18). The van der Waals surface area contributed by atoms with E-state index in [1.165, 1.54) is 0 Å². The lowest BCUT2D eigenvalue weighted by Gasteiger charge is -2.36. The molecule has 2 atom stereocenters. The Labute approximate surface area is 144 Å². The number of nitrogens with one attached hydrogen (secondary N) is 1. The van der Waals surface area contributed by atoms with Crippen molar-refractivity contribution in [1.29, 1.82) is 0 Å². The Kier molecular flexibility index (Phi) is 6.83. The van der Waals surface area contributed by atoms with E-state index in [2.05, 4.69) is 30.6 Å². The van der Waals surface area contributed by atoms with Gasteiger partial charge >= 0.3 is 0 Å². The summed E-state index contributed by atoms with van der Waals surface area (Å²) in [7, 11) is -2.83. The Bertz CT molecular complexity index is 531. The van der Waals surface area contributed by atoms with Gasteiger partial charge in [-0.15, -0.1) is 6.58 Å². The zero-order valence-electron chi connectivity index (χ0n) is 14.2. The van der Waals surface area contributed by atoms with Crippen LogP contribution in [0.3, 0.4) is 0 Å². The van der Waals surface area contributed by atoms with Crippen LogP contribution in [0.4, 0.5) is 0 Å². The number of thioether (sulfide) groups is 1. The molecule has 1 N–H and O–H groups in total. The lowest BCUT2D eigenvalue weighted by molar-refractivity contribution is 0.380. The lowest BCUT2D eigenvalue weighted by atomic mass is 10.1. The molecule has 0 spiro atoms. The summed E-state index contributed by atoms with van der Waals surface area (Å²) in [5.74, 6) is 3.42. The first-order chi connectivity index (χ1) is 10.9. The molecule has 0 aromatic heterocycles. The van der Waals surface area contributed by atoms with Gasteiger partial charge in [0, 0.05) is 37.2 Å². The fourth-order valence-electron chi connectivity index (χ4n) is 2.93. The third-order valence-electron chi connectivity index (χ3n) is 4.37. The monoisotopic (exact) mass is 359 g/mol. The first-order valence-electron chi connectivity index (χ1n) is 8.37. The predicted molar refractivity (Wildman–Crippen MR) is 99.9 cm³/mol. The largest absolute Gasteiger partial charge is 0.353 e. The second-order valence-electron chi connectivity index (χ2n) is 6.70. The van der Waals surface area contributed by atoms with Crippen molar-refractivity contribution in [3.63, 3.8) is 0 Å². The summed E-state index contributed by atoms with van der Waals surface area (Å²) in [5, 5.41) is 3.96. The zero-order chi connectivity index (χ0) is 16.9. The third kappa shape index (κ3) is 5.71. The SMILES string of the molecule is C=CCNC(=NCC1CCS(=O)(=O)C1)N1CCSC(C(C)C)C1. The molecule has 2 rings (SSSR count). The summed E-state index contributed by atoms with van der Waals surface area (Å²) in [5.41, 5.74) is 0. The van der Waals surface area contributed by atoms with Crippen molar-refractivity contribution < 1.29 is 8.42 Å². The fraction of sp³-hybridized carbons (Fsp3) is 0.812. The molecule has 0 aromatic carbocycles. The van der Waals surface area contributed by atoms with Gasteiger partial charge < -0.3 is 10.2 Å². The van der Waals surface area contributed by atoms with Crippen molar-refractivity contribution in [2.75, 3.05) is 43.4 Å².